The summed E-state index contributed by atoms with van der Waals surface area (Å²) in [6.45, 7) is 5.69. The smallest absolute Gasteiger partial charge is 0.321 e. The topological polar surface area (TPSA) is 83.5 Å². The molecular formula is C13H25NO3. The molecule has 0 aromatic rings. The van der Waals surface area contributed by atoms with E-state index >= 15 is 0 Å². The molecule has 0 aliphatic heterocycles. The first kappa shape index (κ1) is 18.3. The number of carboxylic acids is 1. The van der Waals surface area contributed by atoms with Crippen molar-refractivity contribution < 1.29 is 15.0 Å². The van der Waals surface area contributed by atoms with Gasteiger partial charge in [0.1, 0.15) is 6.04 Å². The first-order valence-electron chi connectivity index (χ1n) is 5.80. The van der Waals surface area contributed by atoms with Gasteiger partial charge in [-0.05, 0) is 18.3 Å². The number of aliphatic hydroxyl groups excluding tert-OH is 1. The number of aliphatic hydroxyl groups is 1. The number of carboxylic acid groups (broad SMARTS) is 1. The number of hydrogen-bond acceptors (Lipinski definition) is 3. The fourth-order valence-electron chi connectivity index (χ4n) is 0.886. The Labute approximate surface area is 104 Å². The summed E-state index contributed by atoms with van der Waals surface area (Å²) < 4.78 is 0. The number of carbonyl (C=O) groups is 1. The lowest BCUT2D eigenvalue weighted by Crippen LogP contribution is -2.41. The Morgan fingerprint density at radius 3 is 2.12 bits per heavy atom. The third-order valence-corrected chi connectivity index (χ3v) is 2.18. The summed E-state index contributed by atoms with van der Waals surface area (Å²) in [5.74, 6) is 1.60. The number of hydrogen-bond donors (Lipinski definition) is 3. The molecule has 17 heavy (non-hydrogen) atoms. The van der Waals surface area contributed by atoms with Crippen molar-refractivity contribution in [3.63, 3.8) is 0 Å². The van der Waals surface area contributed by atoms with E-state index in [4.69, 9.17) is 22.4 Å². The number of rotatable bonds is 5. The number of nitrogens with two attached hydrogens (primary N) is 1. The van der Waals surface area contributed by atoms with Gasteiger partial charge in [-0.25, -0.2) is 0 Å². The summed E-state index contributed by atoms with van der Waals surface area (Å²) in [5, 5.41) is 16.7. The van der Waals surface area contributed by atoms with E-state index in [-0.39, 0.29) is 5.41 Å². The minimum absolute atomic E-state index is 0.296. The summed E-state index contributed by atoms with van der Waals surface area (Å²) >= 11 is 0. The van der Waals surface area contributed by atoms with Crippen LogP contribution in [-0.2, 0) is 4.79 Å². The van der Waals surface area contributed by atoms with E-state index in [2.05, 4.69) is 5.92 Å². The minimum atomic E-state index is -0.942. The average molecular weight is 243 g/mol. The first-order chi connectivity index (χ1) is 7.77. The Hall–Kier alpha value is -1.05. The molecule has 0 unspecified atom stereocenters. The summed E-state index contributed by atoms with van der Waals surface area (Å²) in [5.41, 5.74) is 4.95. The zero-order valence-electron chi connectivity index (χ0n) is 11.1. The molecule has 1 atom stereocenters. The second kappa shape index (κ2) is 10.1. The van der Waals surface area contributed by atoms with Crippen molar-refractivity contribution in [3.05, 3.63) is 0 Å². The van der Waals surface area contributed by atoms with Crippen molar-refractivity contribution in [2.45, 2.75) is 52.5 Å². The molecule has 0 spiro atoms. The predicted octanol–water partition coefficient (Wildman–Crippen LogP) is 1.62. The third-order valence-electron chi connectivity index (χ3n) is 2.18. The van der Waals surface area contributed by atoms with Gasteiger partial charge in [-0.15, -0.1) is 12.3 Å². The fraction of sp³-hybridized carbons (Fsp3) is 0.769. The average Bonchev–Trinajstić information content (AvgIpc) is 2.23. The van der Waals surface area contributed by atoms with Gasteiger partial charge >= 0.3 is 5.97 Å². The van der Waals surface area contributed by atoms with Crippen LogP contribution in [0.1, 0.15) is 46.5 Å². The Kier molecular flexibility index (Phi) is 10.9. The second-order valence-corrected chi connectivity index (χ2v) is 4.92. The lowest BCUT2D eigenvalue weighted by Gasteiger charge is -2.22. The van der Waals surface area contributed by atoms with Crippen LogP contribution in [0.2, 0.25) is 0 Å². The van der Waals surface area contributed by atoms with Crippen LogP contribution in [0.5, 0.6) is 0 Å². The lowest BCUT2D eigenvalue weighted by atomic mass is 9.88. The molecule has 4 nitrogen and oxygen atoms in total. The van der Waals surface area contributed by atoms with Gasteiger partial charge in [0.05, 0.1) is 0 Å². The maximum Gasteiger partial charge on any atom is 0.321 e. The first-order valence-corrected chi connectivity index (χ1v) is 5.80. The molecule has 0 amide bonds. The van der Waals surface area contributed by atoms with E-state index in [0.29, 0.717) is 6.61 Å². The van der Waals surface area contributed by atoms with E-state index in [9.17, 15) is 4.79 Å². The molecule has 0 aliphatic rings. The molecular weight excluding hydrogens is 218 g/mol. The molecule has 0 heterocycles. The Bertz CT molecular complexity index is 238. The van der Waals surface area contributed by atoms with E-state index in [1.165, 1.54) is 0 Å². The van der Waals surface area contributed by atoms with Crippen LogP contribution in [0.3, 0.4) is 0 Å². The van der Waals surface area contributed by atoms with Crippen LogP contribution in [0.15, 0.2) is 0 Å². The Morgan fingerprint density at radius 2 is 1.88 bits per heavy atom. The van der Waals surface area contributed by atoms with E-state index in [1.807, 2.05) is 0 Å². The van der Waals surface area contributed by atoms with Gasteiger partial charge in [0, 0.05) is 13.0 Å². The van der Waals surface area contributed by atoms with Crippen molar-refractivity contribution >= 4 is 5.97 Å². The molecule has 0 aliphatic carbocycles. The zero-order chi connectivity index (χ0) is 13.9. The molecule has 4 heteroatoms. The fourth-order valence-corrected chi connectivity index (χ4v) is 0.886. The molecule has 0 saturated carbocycles. The van der Waals surface area contributed by atoms with Gasteiger partial charge in [0.2, 0.25) is 0 Å². The highest BCUT2D eigenvalue weighted by Gasteiger charge is 2.26. The molecule has 0 radical (unpaired) electrons. The van der Waals surface area contributed by atoms with Crippen molar-refractivity contribution in [2.24, 2.45) is 11.1 Å². The Balaban J connectivity index is 0. The summed E-state index contributed by atoms with van der Waals surface area (Å²) in [4.78, 5) is 10.2. The molecule has 0 fully saturated rings. The molecule has 4 N–H and O–H groups in total. The maximum atomic E-state index is 10.2. The summed E-state index contributed by atoms with van der Waals surface area (Å²) in [7, 11) is 0. The van der Waals surface area contributed by atoms with Gasteiger partial charge in [-0.3, -0.25) is 4.79 Å². The van der Waals surface area contributed by atoms with Gasteiger partial charge in [0.25, 0.3) is 0 Å². The van der Waals surface area contributed by atoms with E-state index in [0.717, 1.165) is 25.7 Å². The zero-order valence-corrected chi connectivity index (χ0v) is 11.1. The molecule has 0 rings (SSSR count). The standard InChI is InChI=1S/C7H12O.C6H13NO2/c1-2-3-4-5-6-7-8;1-6(2,3)4(7)5(8)9/h1,8H,3-7H2;4H,7H2,1-3H3,(H,8,9)/t;4-/m.1/s1. The quantitative estimate of drug-likeness (QED) is 0.506. The van der Waals surface area contributed by atoms with Crippen LogP contribution in [0, 0.1) is 17.8 Å². The van der Waals surface area contributed by atoms with E-state index < -0.39 is 12.0 Å². The highest BCUT2D eigenvalue weighted by molar-refractivity contribution is 5.74. The minimum Gasteiger partial charge on any atom is -0.480 e. The number of terminal acetylenes is 1. The van der Waals surface area contributed by atoms with Crippen molar-refractivity contribution in [3.8, 4) is 12.3 Å². The van der Waals surface area contributed by atoms with Crippen LogP contribution in [0.25, 0.3) is 0 Å². The highest BCUT2D eigenvalue weighted by atomic mass is 16.4. The van der Waals surface area contributed by atoms with Crippen molar-refractivity contribution in [1.82, 2.24) is 0 Å². The van der Waals surface area contributed by atoms with E-state index in [1.54, 1.807) is 20.8 Å². The Morgan fingerprint density at radius 1 is 1.35 bits per heavy atom. The highest BCUT2D eigenvalue weighted by Crippen LogP contribution is 2.16. The summed E-state index contributed by atoms with van der Waals surface area (Å²) in [6.07, 6.45) is 8.84. The van der Waals surface area contributed by atoms with Crippen LogP contribution in [0.4, 0.5) is 0 Å². The van der Waals surface area contributed by atoms with Gasteiger partial charge in [0.15, 0.2) is 0 Å². The molecule has 0 aromatic heterocycles. The molecule has 0 aromatic carbocycles. The van der Waals surface area contributed by atoms with Gasteiger partial charge in [-0.1, -0.05) is 27.2 Å². The summed E-state index contributed by atoms with van der Waals surface area (Å²) in [6, 6.07) is -0.766. The monoisotopic (exact) mass is 243 g/mol. The van der Waals surface area contributed by atoms with Crippen LogP contribution in [-0.4, -0.2) is 28.8 Å². The number of aliphatic carboxylic acids is 1. The molecule has 0 bridgehead atoms. The third kappa shape index (κ3) is 12.9. The van der Waals surface area contributed by atoms with Crippen molar-refractivity contribution in [2.75, 3.05) is 6.61 Å². The number of unbranched alkanes of at least 4 members (excludes halogenated alkanes) is 3. The lowest BCUT2D eigenvalue weighted by molar-refractivity contribution is -0.141. The maximum absolute atomic E-state index is 10.2. The molecule has 0 saturated heterocycles. The predicted molar refractivity (Wildman–Crippen MR) is 69.5 cm³/mol. The van der Waals surface area contributed by atoms with Crippen LogP contribution < -0.4 is 5.73 Å². The van der Waals surface area contributed by atoms with Crippen LogP contribution >= 0.6 is 0 Å². The largest absolute Gasteiger partial charge is 0.480 e. The normalized spacial score (nSPS) is 12.0. The second-order valence-electron chi connectivity index (χ2n) is 4.92. The molecule has 100 valence electrons. The SMILES string of the molecule is C#CCCCCCO.CC(C)(C)[C@H](N)C(=O)O. The van der Waals surface area contributed by atoms with Gasteiger partial charge in [-0.2, -0.15) is 0 Å². The van der Waals surface area contributed by atoms with Crippen molar-refractivity contribution in [1.29, 1.82) is 0 Å². The van der Waals surface area contributed by atoms with Gasteiger partial charge < -0.3 is 15.9 Å².